The predicted octanol–water partition coefficient (Wildman–Crippen LogP) is 2.72. The number of aryl methyl sites for hydroxylation is 1. The van der Waals surface area contributed by atoms with E-state index in [1.54, 1.807) is 19.1 Å². The van der Waals surface area contributed by atoms with Gasteiger partial charge in [0.05, 0.1) is 17.3 Å². The molecule has 5 nitrogen and oxygen atoms in total. The molecule has 0 fully saturated rings. The third kappa shape index (κ3) is 3.26. The van der Waals surface area contributed by atoms with Crippen LogP contribution in [0.4, 0.5) is 5.69 Å². The van der Waals surface area contributed by atoms with Crippen molar-refractivity contribution in [3.8, 4) is 6.07 Å². The molecule has 0 aliphatic rings. The van der Waals surface area contributed by atoms with Gasteiger partial charge in [-0.3, -0.25) is 4.72 Å². The molecule has 102 valence electrons. The minimum Gasteiger partial charge on any atom is -0.280 e. The summed E-state index contributed by atoms with van der Waals surface area (Å²) in [6.07, 6.45) is 1.17. The van der Waals surface area contributed by atoms with E-state index in [1.165, 1.54) is 24.4 Å². The van der Waals surface area contributed by atoms with Gasteiger partial charge in [-0.2, -0.15) is 5.26 Å². The van der Waals surface area contributed by atoms with E-state index in [9.17, 15) is 8.42 Å². The summed E-state index contributed by atoms with van der Waals surface area (Å²) in [5.74, 6) is 0. The van der Waals surface area contributed by atoms with Crippen LogP contribution in [-0.2, 0) is 10.0 Å². The first kappa shape index (κ1) is 14.3. The molecule has 0 amide bonds. The molecule has 7 heteroatoms. The Hall–Kier alpha value is -2.10. The highest BCUT2D eigenvalue weighted by molar-refractivity contribution is 7.92. The predicted molar refractivity (Wildman–Crippen MR) is 75.9 cm³/mol. The molecule has 2 aromatic rings. The second kappa shape index (κ2) is 5.49. The van der Waals surface area contributed by atoms with Gasteiger partial charge in [0, 0.05) is 6.20 Å². The zero-order chi connectivity index (χ0) is 14.8. The Bertz CT molecular complexity index is 780. The Kier molecular flexibility index (Phi) is 3.93. The molecule has 0 saturated carbocycles. The quantitative estimate of drug-likeness (QED) is 0.884. The van der Waals surface area contributed by atoms with E-state index >= 15 is 0 Å². The summed E-state index contributed by atoms with van der Waals surface area (Å²) in [4.78, 5) is 3.73. The molecule has 0 spiro atoms. The standard InChI is InChI=1S/C13H10ClN3O2S/c1-9-4-10(7-15)6-11(5-9)17-20(18,19)12-2-3-13(14)16-8-12/h2-6,8,17H,1H3. The van der Waals surface area contributed by atoms with Crippen molar-refractivity contribution in [2.75, 3.05) is 4.72 Å². The highest BCUT2D eigenvalue weighted by Gasteiger charge is 2.15. The van der Waals surface area contributed by atoms with Gasteiger partial charge in [0.25, 0.3) is 10.0 Å². The van der Waals surface area contributed by atoms with Gasteiger partial charge < -0.3 is 0 Å². The molecule has 2 rings (SSSR count). The van der Waals surface area contributed by atoms with Crippen molar-refractivity contribution >= 4 is 27.3 Å². The van der Waals surface area contributed by atoms with Crippen molar-refractivity contribution in [3.05, 3.63) is 52.8 Å². The van der Waals surface area contributed by atoms with Gasteiger partial charge >= 0.3 is 0 Å². The molecule has 1 heterocycles. The van der Waals surface area contributed by atoms with Crippen LogP contribution in [0.3, 0.4) is 0 Å². The van der Waals surface area contributed by atoms with Crippen LogP contribution in [0.1, 0.15) is 11.1 Å². The summed E-state index contributed by atoms with van der Waals surface area (Å²) in [6.45, 7) is 1.78. The number of benzene rings is 1. The first-order valence-corrected chi connectivity index (χ1v) is 7.43. The lowest BCUT2D eigenvalue weighted by molar-refractivity contribution is 0.601. The van der Waals surface area contributed by atoms with Crippen LogP contribution in [-0.4, -0.2) is 13.4 Å². The summed E-state index contributed by atoms with van der Waals surface area (Å²) in [5.41, 5.74) is 1.50. The van der Waals surface area contributed by atoms with Crippen molar-refractivity contribution in [2.45, 2.75) is 11.8 Å². The molecule has 1 aromatic carbocycles. The fourth-order valence-electron chi connectivity index (χ4n) is 1.64. The van der Waals surface area contributed by atoms with E-state index < -0.39 is 10.0 Å². The van der Waals surface area contributed by atoms with Crippen molar-refractivity contribution in [2.24, 2.45) is 0 Å². The van der Waals surface area contributed by atoms with Crippen molar-refractivity contribution < 1.29 is 8.42 Å². The molecule has 0 aliphatic heterocycles. The number of nitrogens with one attached hydrogen (secondary N) is 1. The molecule has 1 aromatic heterocycles. The first-order chi connectivity index (χ1) is 9.40. The summed E-state index contributed by atoms with van der Waals surface area (Å²) >= 11 is 5.62. The Labute approximate surface area is 121 Å². The van der Waals surface area contributed by atoms with E-state index in [-0.39, 0.29) is 10.0 Å². The highest BCUT2D eigenvalue weighted by atomic mass is 35.5. The third-order valence-corrected chi connectivity index (χ3v) is 4.06. The second-order valence-electron chi connectivity index (χ2n) is 4.12. The monoisotopic (exact) mass is 307 g/mol. The molecular formula is C13H10ClN3O2S. The molecular weight excluding hydrogens is 298 g/mol. The number of sulfonamides is 1. The Morgan fingerprint density at radius 3 is 2.65 bits per heavy atom. The number of nitriles is 1. The highest BCUT2D eigenvalue weighted by Crippen LogP contribution is 2.19. The average Bonchev–Trinajstić information content (AvgIpc) is 2.37. The van der Waals surface area contributed by atoms with Gasteiger partial charge in [0.15, 0.2) is 0 Å². The Morgan fingerprint density at radius 1 is 1.30 bits per heavy atom. The van der Waals surface area contributed by atoms with Gasteiger partial charge in [-0.1, -0.05) is 11.6 Å². The topological polar surface area (TPSA) is 82.9 Å². The molecule has 0 aliphatic carbocycles. The average molecular weight is 308 g/mol. The van der Waals surface area contributed by atoms with Gasteiger partial charge in [0.2, 0.25) is 0 Å². The van der Waals surface area contributed by atoms with Gasteiger partial charge in [-0.25, -0.2) is 13.4 Å². The van der Waals surface area contributed by atoms with Gasteiger partial charge in [-0.15, -0.1) is 0 Å². The van der Waals surface area contributed by atoms with Crippen LogP contribution >= 0.6 is 11.6 Å². The summed E-state index contributed by atoms with van der Waals surface area (Å²) in [6, 6.07) is 9.51. The van der Waals surface area contributed by atoms with Crippen LogP contribution in [0, 0.1) is 18.3 Å². The van der Waals surface area contributed by atoms with Crippen LogP contribution < -0.4 is 4.72 Å². The van der Waals surface area contributed by atoms with Crippen LogP contribution in [0.2, 0.25) is 5.15 Å². The number of pyridine rings is 1. The molecule has 0 unspecified atom stereocenters. The number of halogens is 1. The number of hydrogen-bond donors (Lipinski definition) is 1. The van der Waals surface area contributed by atoms with Crippen molar-refractivity contribution in [1.29, 1.82) is 5.26 Å². The molecule has 20 heavy (non-hydrogen) atoms. The molecule has 0 bridgehead atoms. The van der Waals surface area contributed by atoms with E-state index in [0.29, 0.717) is 11.3 Å². The fraction of sp³-hybridized carbons (Fsp3) is 0.0769. The maximum absolute atomic E-state index is 12.1. The van der Waals surface area contributed by atoms with Crippen molar-refractivity contribution in [3.63, 3.8) is 0 Å². The lowest BCUT2D eigenvalue weighted by atomic mass is 10.1. The molecule has 1 N–H and O–H groups in total. The minimum absolute atomic E-state index is 0.00177. The lowest BCUT2D eigenvalue weighted by Crippen LogP contribution is -2.13. The minimum atomic E-state index is -3.75. The fourth-order valence-corrected chi connectivity index (χ4v) is 2.74. The van der Waals surface area contributed by atoms with Crippen LogP contribution in [0.25, 0.3) is 0 Å². The number of anilines is 1. The maximum Gasteiger partial charge on any atom is 0.263 e. The maximum atomic E-state index is 12.1. The molecule has 0 radical (unpaired) electrons. The van der Waals surface area contributed by atoms with Crippen LogP contribution in [0.5, 0.6) is 0 Å². The number of hydrogen-bond acceptors (Lipinski definition) is 4. The van der Waals surface area contributed by atoms with E-state index in [4.69, 9.17) is 16.9 Å². The number of aromatic nitrogens is 1. The normalized spacial score (nSPS) is 10.8. The second-order valence-corrected chi connectivity index (χ2v) is 6.19. The van der Waals surface area contributed by atoms with E-state index in [2.05, 4.69) is 9.71 Å². The summed E-state index contributed by atoms with van der Waals surface area (Å²) < 4.78 is 26.7. The Balaban J connectivity index is 2.36. The Morgan fingerprint density at radius 2 is 2.05 bits per heavy atom. The summed E-state index contributed by atoms with van der Waals surface area (Å²) in [5, 5.41) is 9.09. The lowest BCUT2D eigenvalue weighted by Gasteiger charge is -2.09. The van der Waals surface area contributed by atoms with Gasteiger partial charge in [-0.05, 0) is 42.8 Å². The SMILES string of the molecule is Cc1cc(C#N)cc(NS(=O)(=O)c2ccc(Cl)nc2)c1. The third-order valence-electron chi connectivity index (χ3n) is 2.47. The van der Waals surface area contributed by atoms with E-state index in [1.807, 2.05) is 6.07 Å². The van der Waals surface area contributed by atoms with Crippen LogP contribution in [0.15, 0.2) is 41.4 Å². The zero-order valence-electron chi connectivity index (χ0n) is 10.5. The zero-order valence-corrected chi connectivity index (χ0v) is 12.0. The van der Waals surface area contributed by atoms with Gasteiger partial charge in [0.1, 0.15) is 10.0 Å². The largest absolute Gasteiger partial charge is 0.280 e. The number of nitrogens with zero attached hydrogens (tertiary/aromatic N) is 2. The molecule has 0 saturated heterocycles. The molecule has 0 atom stereocenters. The smallest absolute Gasteiger partial charge is 0.263 e. The first-order valence-electron chi connectivity index (χ1n) is 5.57. The van der Waals surface area contributed by atoms with E-state index in [0.717, 1.165) is 5.56 Å². The summed E-state index contributed by atoms with van der Waals surface area (Å²) in [7, 11) is -3.75. The number of rotatable bonds is 3. The van der Waals surface area contributed by atoms with Crippen molar-refractivity contribution in [1.82, 2.24) is 4.98 Å².